The van der Waals surface area contributed by atoms with Gasteiger partial charge < -0.3 is 10.6 Å². The van der Waals surface area contributed by atoms with Gasteiger partial charge in [-0.1, -0.05) is 31.6 Å². The standard InChI is InChI=1S/C17H23N3O/c1-2-5-14-8-12-20(13-9-14)17(21)16-15(6-3-10-18)7-4-11-19-16/h4,7,11,14H,2,5,8-10,12-13,18H2,1H3. The molecule has 1 fully saturated rings. The minimum atomic E-state index is -0.00753. The molecule has 1 aliphatic rings. The molecular weight excluding hydrogens is 262 g/mol. The molecule has 1 aromatic heterocycles. The fourth-order valence-corrected chi connectivity index (χ4v) is 2.81. The van der Waals surface area contributed by atoms with E-state index in [1.54, 1.807) is 12.3 Å². The summed E-state index contributed by atoms with van der Waals surface area (Å²) in [7, 11) is 0. The van der Waals surface area contributed by atoms with Crippen LogP contribution >= 0.6 is 0 Å². The topological polar surface area (TPSA) is 59.2 Å². The summed E-state index contributed by atoms with van der Waals surface area (Å²) < 4.78 is 0. The van der Waals surface area contributed by atoms with Crippen LogP contribution in [-0.2, 0) is 0 Å². The molecule has 21 heavy (non-hydrogen) atoms. The molecule has 2 rings (SSSR count). The number of hydrogen-bond acceptors (Lipinski definition) is 3. The van der Waals surface area contributed by atoms with E-state index in [1.807, 2.05) is 11.0 Å². The predicted octanol–water partition coefficient (Wildman–Crippen LogP) is 2.04. The Hall–Kier alpha value is -1.86. The molecule has 0 unspecified atom stereocenters. The Bertz CT molecular complexity index is 536. The molecule has 1 aromatic rings. The Labute approximate surface area is 126 Å². The Kier molecular flexibility index (Phi) is 5.77. The molecule has 0 aromatic carbocycles. The van der Waals surface area contributed by atoms with Crippen molar-refractivity contribution in [2.45, 2.75) is 32.6 Å². The van der Waals surface area contributed by atoms with Gasteiger partial charge >= 0.3 is 0 Å². The molecule has 1 aliphatic heterocycles. The van der Waals surface area contributed by atoms with Gasteiger partial charge in [-0.25, -0.2) is 4.98 Å². The van der Waals surface area contributed by atoms with Crippen LogP contribution in [0.1, 0.15) is 48.7 Å². The second kappa shape index (κ2) is 7.80. The highest BCUT2D eigenvalue weighted by atomic mass is 16.2. The number of rotatable bonds is 3. The van der Waals surface area contributed by atoms with Crippen molar-refractivity contribution in [2.24, 2.45) is 11.7 Å². The number of hydrogen-bond donors (Lipinski definition) is 1. The highest BCUT2D eigenvalue weighted by molar-refractivity contribution is 5.94. The second-order valence-electron chi connectivity index (χ2n) is 5.43. The minimum Gasteiger partial charge on any atom is -0.337 e. The number of pyridine rings is 1. The zero-order chi connectivity index (χ0) is 15.1. The first kappa shape index (κ1) is 15.5. The molecule has 0 spiro atoms. The summed E-state index contributed by atoms with van der Waals surface area (Å²) in [4.78, 5) is 18.7. The highest BCUT2D eigenvalue weighted by Gasteiger charge is 2.25. The summed E-state index contributed by atoms with van der Waals surface area (Å²) in [5, 5.41) is 0. The van der Waals surface area contributed by atoms with E-state index < -0.39 is 0 Å². The average molecular weight is 285 g/mol. The third-order valence-electron chi connectivity index (χ3n) is 3.93. The number of carbonyl (C=O) groups excluding carboxylic acids is 1. The first-order chi connectivity index (χ1) is 10.3. The fraction of sp³-hybridized carbons (Fsp3) is 0.529. The molecule has 4 heteroatoms. The molecule has 112 valence electrons. The van der Waals surface area contributed by atoms with E-state index in [4.69, 9.17) is 5.73 Å². The highest BCUT2D eigenvalue weighted by Crippen LogP contribution is 2.23. The van der Waals surface area contributed by atoms with Crippen LogP contribution in [0, 0.1) is 17.8 Å². The monoisotopic (exact) mass is 285 g/mol. The van der Waals surface area contributed by atoms with Crippen LogP contribution in [0.4, 0.5) is 0 Å². The molecule has 1 saturated heterocycles. The lowest BCUT2D eigenvalue weighted by Crippen LogP contribution is -2.39. The molecule has 4 nitrogen and oxygen atoms in total. The number of piperidine rings is 1. The molecule has 1 amide bonds. The van der Waals surface area contributed by atoms with E-state index in [9.17, 15) is 4.79 Å². The lowest BCUT2D eigenvalue weighted by Gasteiger charge is -2.31. The van der Waals surface area contributed by atoms with Crippen molar-refractivity contribution in [3.8, 4) is 11.8 Å². The van der Waals surface area contributed by atoms with Gasteiger partial charge in [0.1, 0.15) is 5.69 Å². The number of nitrogens with zero attached hydrogens (tertiary/aromatic N) is 2. The number of aromatic nitrogens is 1. The smallest absolute Gasteiger partial charge is 0.273 e. The summed E-state index contributed by atoms with van der Waals surface area (Å²) in [5.41, 5.74) is 6.52. The first-order valence-corrected chi connectivity index (χ1v) is 7.69. The van der Waals surface area contributed by atoms with E-state index in [1.165, 1.54) is 12.8 Å². The van der Waals surface area contributed by atoms with Crippen LogP contribution in [0.2, 0.25) is 0 Å². The van der Waals surface area contributed by atoms with E-state index >= 15 is 0 Å². The number of carbonyl (C=O) groups is 1. The van der Waals surface area contributed by atoms with Gasteiger partial charge in [-0.2, -0.15) is 0 Å². The van der Waals surface area contributed by atoms with Gasteiger partial charge in [-0.15, -0.1) is 0 Å². The van der Waals surface area contributed by atoms with Crippen molar-refractivity contribution in [3.63, 3.8) is 0 Å². The summed E-state index contributed by atoms with van der Waals surface area (Å²) in [6, 6.07) is 3.62. The SMILES string of the molecule is CCCC1CCN(C(=O)c2ncccc2C#CCN)CC1. The van der Waals surface area contributed by atoms with Crippen LogP contribution in [0.25, 0.3) is 0 Å². The van der Waals surface area contributed by atoms with Crippen molar-refractivity contribution >= 4 is 5.91 Å². The van der Waals surface area contributed by atoms with Gasteiger partial charge in [-0.05, 0) is 30.9 Å². The molecule has 2 N–H and O–H groups in total. The van der Waals surface area contributed by atoms with Gasteiger partial charge in [-0.3, -0.25) is 4.79 Å². The van der Waals surface area contributed by atoms with Gasteiger partial charge in [0, 0.05) is 19.3 Å². The van der Waals surface area contributed by atoms with Gasteiger partial charge in [0.15, 0.2) is 0 Å². The van der Waals surface area contributed by atoms with Gasteiger partial charge in [0.2, 0.25) is 0 Å². The van der Waals surface area contributed by atoms with E-state index in [2.05, 4.69) is 23.7 Å². The van der Waals surface area contributed by atoms with Gasteiger partial charge in [0.25, 0.3) is 5.91 Å². The van der Waals surface area contributed by atoms with Crippen molar-refractivity contribution in [1.29, 1.82) is 0 Å². The number of likely N-dealkylation sites (tertiary alicyclic amines) is 1. The zero-order valence-electron chi connectivity index (χ0n) is 12.6. The normalized spacial score (nSPS) is 15.4. The molecule has 0 aliphatic carbocycles. The fourth-order valence-electron chi connectivity index (χ4n) is 2.81. The Balaban J connectivity index is 2.07. The maximum atomic E-state index is 12.6. The largest absolute Gasteiger partial charge is 0.337 e. The average Bonchev–Trinajstić information content (AvgIpc) is 2.53. The van der Waals surface area contributed by atoms with Crippen molar-refractivity contribution in [3.05, 3.63) is 29.6 Å². The maximum absolute atomic E-state index is 12.6. The van der Waals surface area contributed by atoms with Crippen LogP contribution in [0.15, 0.2) is 18.3 Å². The lowest BCUT2D eigenvalue weighted by atomic mass is 9.92. The van der Waals surface area contributed by atoms with Crippen LogP contribution in [-0.4, -0.2) is 35.4 Å². The molecule has 0 bridgehead atoms. The van der Waals surface area contributed by atoms with Crippen molar-refractivity contribution in [2.75, 3.05) is 19.6 Å². The van der Waals surface area contributed by atoms with E-state index in [0.29, 0.717) is 11.3 Å². The lowest BCUT2D eigenvalue weighted by molar-refractivity contribution is 0.0680. The number of amides is 1. The van der Waals surface area contributed by atoms with Crippen molar-refractivity contribution < 1.29 is 4.79 Å². The predicted molar refractivity (Wildman–Crippen MR) is 83.7 cm³/mol. The molecule has 2 heterocycles. The van der Waals surface area contributed by atoms with Crippen LogP contribution < -0.4 is 5.73 Å². The zero-order valence-corrected chi connectivity index (χ0v) is 12.6. The summed E-state index contributed by atoms with van der Waals surface area (Å²) in [5.74, 6) is 6.49. The minimum absolute atomic E-state index is 0.00753. The summed E-state index contributed by atoms with van der Waals surface area (Å²) in [6.45, 7) is 4.15. The summed E-state index contributed by atoms with van der Waals surface area (Å²) >= 11 is 0. The van der Waals surface area contributed by atoms with Crippen LogP contribution in [0.5, 0.6) is 0 Å². The Morgan fingerprint density at radius 3 is 2.90 bits per heavy atom. The van der Waals surface area contributed by atoms with Crippen LogP contribution in [0.3, 0.4) is 0 Å². The number of nitrogens with two attached hydrogens (primary N) is 1. The molecule has 0 atom stereocenters. The molecule has 0 saturated carbocycles. The third-order valence-corrected chi connectivity index (χ3v) is 3.93. The maximum Gasteiger partial charge on any atom is 0.273 e. The molecular formula is C17H23N3O. The van der Waals surface area contributed by atoms with E-state index in [-0.39, 0.29) is 12.5 Å². The Morgan fingerprint density at radius 2 is 2.24 bits per heavy atom. The first-order valence-electron chi connectivity index (χ1n) is 7.69. The van der Waals surface area contributed by atoms with E-state index in [0.717, 1.165) is 31.8 Å². The summed E-state index contributed by atoms with van der Waals surface area (Å²) in [6.07, 6.45) is 6.31. The van der Waals surface area contributed by atoms with Gasteiger partial charge in [0.05, 0.1) is 12.1 Å². The molecule has 0 radical (unpaired) electrons. The quantitative estimate of drug-likeness (QED) is 0.865. The third kappa shape index (κ3) is 4.05. The Morgan fingerprint density at radius 1 is 1.48 bits per heavy atom. The van der Waals surface area contributed by atoms with Crippen molar-refractivity contribution in [1.82, 2.24) is 9.88 Å². The second-order valence-corrected chi connectivity index (χ2v) is 5.43.